The van der Waals surface area contributed by atoms with Gasteiger partial charge in [-0.3, -0.25) is 0 Å². The van der Waals surface area contributed by atoms with Gasteiger partial charge in [0.05, 0.1) is 12.6 Å². The van der Waals surface area contributed by atoms with Crippen LogP contribution in [-0.4, -0.2) is 14.7 Å². The zero-order valence-corrected chi connectivity index (χ0v) is 12.1. The minimum absolute atomic E-state index is 0.562. The molecule has 0 spiro atoms. The Kier molecular flexibility index (Phi) is 4.33. The fourth-order valence-electron chi connectivity index (χ4n) is 1.01. The molecule has 1 atom stereocenters. The van der Waals surface area contributed by atoms with Crippen molar-refractivity contribution in [1.82, 2.24) is 0 Å². The number of halogens is 1. The Hall–Kier alpha value is -0.610. The minimum Gasteiger partial charge on any atom is -0.230 e. The van der Waals surface area contributed by atoms with Crippen LogP contribution in [0.15, 0.2) is 33.1 Å². The number of benzene rings is 1. The van der Waals surface area contributed by atoms with E-state index in [2.05, 4.69) is 27.3 Å². The highest BCUT2D eigenvalue weighted by Gasteiger charge is 2.27. The van der Waals surface area contributed by atoms with Crippen LogP contribution in [0.25, 0.3) is 0 Å². The number of hydrogen-bond acceptors (Lipinski definition) is 1. The lowest BCUT2D eigenvalue weighted by Crippen LogP contribution is -2.21. The van der Waals surface area contributed by atoms with Crippen molar-refractivity contribution in [3.63, 3.8) is 0 Å². The smallest absolute Gasteiger partial charge is 0.194 e. The predicted octanol–water partition coefficient (Wildman–Crippen LogP) is 3.53. The van der Waals surface area contributed by atoms with Gasteiger partial charge in [0, 0.05) is 4.47 Å². The second-order valence-corrected chi connectivity index (χ2v) is 6.90. The quantitative estimate of drug-likeness (QED) is 0.620. The van der Waals surface area contributed by atoms with Gasteiger partial charge >= 0.3 is 0 Å². The third-order valence-corrected chi connectivity index (χ3v) is 3.81. The summed E-state index contributed by atoms with van der Waals surface area (Å²) in [6, 6.07) is 7.76. The van der Waals surface area contributed by atoms with Crippen molar-refractivity contribution in [3.8, 4) is 0 Å². The molecule has 86 valence electrons. The Morgan fingerprint density at radius 1 is 1.50 bits per heavy atom. The van der Waals surface area contributed by atoms with Crippen LogP contribution in [0.4, 0.5) is 0 Å². The molecule has 0 aliphatic heterocycles. The minimum atomic E-state index is -1.31. The molecule has 1 rings (SSSR count). The van der Waals surface area contributed by atoms with Crippen LogP contribution in [0.2, 0.25) is 0 Å². The summed E-state index contributed by atoms with van der Waals surface area (Å²) in [7, 11) is -1.31. The summed E-state index contributed by atoms with van der Waals surface area (Å²) in [4.78, 5) is 0. The van der Waals surface area contributed by atoms with Gasteiger partial charge in [0.15, 0.2) is 15.7 Å². The van der Waals surface area contributed by atoms with Crippen LogP contribution in [0.3, 0.4) is 0 Å². The highest BCUT2D eigenvalue weighted by atomic mass is 79.9. The molecular formula is C12H15BrNOS+. The fraction of sp³-hybridized carbons (Fsp3) is 0.333. The van der Waals surface area contributed by atoms with Crippen molar-refractivity contribution < 1.29 is 4.21 Å². The lowest BCUT2D eigenvalue weighted by Gasteiger charge is -2.07. The van der Waals surface area contributed by atoms with E-state index >= 15 is 0 Å². The standard InChI is InChI=1S/C12H15BrNOS/c1-9(14-16(15)12(2,3)4)10-6-5-7-11(13)8-10/h5-8H,2H2,1,3-4H3/q+1/b14-9+. The first-order chi connectivity index (χ1) is 7.30. The maximum absolute atomic E-state index is 11.8. The van der Waals surface area contributed by atoms with E-state index in [4.69, 9.17) is 0 Å². The van der Waals surface area contributed by atoms with E-state index in [9.17, 15) is 4.21 Å². The molecule has 0 heterocycles. The Morgan fingerprint density at radius 2 is 2.12 bits per heavy atom. The molecule has 0 radical (unpaired) electrons. The van der Waals surface area contributed by atoms with Crippen LogP contribution in [0, 0.1) is 6.92 Å². The Morgan fingerprint density at radius 3 is 2.62 bits per heavy atom. The third kappa shape index (κ3) is 3.76. The van der Waals surface area contributed by atoms with E-state index < -0.39 is 15.7 Å². The zero-order chi connectivity index (χ0) is 12.3. The Bertz CT molecular complexity index is 435. The normalized spacial score (nSPS) is 14.9. The molecular weight excluding hydrogens is 286 g/mol. The molecule has 1 aromatic rings. The molecule has 2 nitrogen and oxygen atoms in total. The molecule has 0 aliphatic carbocycles. The molecule has 0 saturated carbocycles. The molecule has 0 saturated heterocycles. The summed E-state index contributed by atoms with van der Waals surface area (Å²) in [6.45, 7) is 9.28. The topological polar surface area (TPSA) is 29.4 Å². The van der Waals surface area contributed by atoms with Gasteiger partial charge in [0.1, 0.15) is 0 Å². The third-order valence-electron chi connectivity index (χ3n) is 1.93. The summed E-state index contributed by atoms with van der Waals surface area (Å²) in [5, 5.41) is 0. The molecule has 0 bridgehead atoms. The van der Waals surface area contributed by atoms with Crippen molar-refractivity contribution in [2.24, 2.45) is 4.40 Å². The van der Waals surface area contributed by atoms with Gasteiger partial charge < -0.3 is 0 Å². The van der Waals surface area contributed by atoms with Gasteiger partial charge in [0.2, 0.25) is 0 Å². The summed E-state index contributed by atoms with van der Waals surface area (Å²) < 4.78 is 16.4. The van der Waals surface area contributed by atoms with Crippen LogP contribution < -0.4 is 0 Å². The van der Waals surface area contributed by atoms with Crippen LogP contribution in [0.5, 0.6) is 0 Å². The first-order valence-electron chi connectivity index (χ1n) is 4.89. The zero-order valence-electron chi connectivity index (χ0n) is 9.66. The second kappa shape index (κ2) is 5.15. The fourth-order valence-corrected chi connectivity index (χ4v) is 2.01. The molecule has 4 heteroatoms. The lowest BCUT2D eigenvalue weighted by atomic mass is 10.1. The van der Waals surface area contributed by atoms with Gasteiger partial charge in [-0.25, -0.2) is 4.21 Å². The molecule has 0 aliphatic rings. The number of nitrogens with zero attached hydrogens (tertiary/aromatic N) is 1. The van der Waals surface area contributed by atoms with E-state index in [0.717, 1.165) is 15.7 Å². The summed E-state index contributed by atoms with van der Waals surface area (Å²) >= 11 is 3.39. The average molecular weight is 301 g/mol. The van der Waals surface area contributed by atoms with Gasteiger partial charge in [-0.1, -0.05) is 28.1 Å². The van der Waals surface area contributed by atoms with Crippen molar-refractivity contribution in [1.29, 1.82) is 0 Å². The van der Waals surface area contributed by atoms with Crippen LogP contribution in [-0.2, 0) is 11.0 Å². The number of hydrogen-bond donors (Lipinski definition) is 0. The predicted molar refractivity (Wildman–Crippen MR) is 73.9 cm³/mol. The summed E-state index contributed by atoms with van der Waals surface area (Å²) in [6.07, 6.45) is 0. The van der Waals surface area contributed by atoms with Crippen molar-refractivity contribution >= 4 is 32.6 Å². The average Bonchev–Trinajstić information content (AvgIpc) is 2.16. The molecule has 1 unspecified atom stereocenters. The largest absolute Gasteiger partial charge is 0.230 e. The highest BCUT2D eigenvalue weighted by molar-refractivity contribution is 9.10. The number of rotatable bonds is 3. The van der Waals surface area contributed by atoms with Gasteiger partial charge in [-0.15, -0.1) is 0 Å². The van der Waals surface area contributed by atoms with Gasteiger partial charge in [-0.05, 0) is 38.5 Å². The van der Waals surface area contributed by atoms with E-state index in [-0.39, 0.29) is 0 Å². The monoisotopic (exact) mass is 300 g/mol. The van der Waals surface area contributed by atoms with Crippen LogP contribution in [0.1, 0.15) is 26.3 Å². The lowest BCUT2D eigenvalue weighted by molar-refractivity contribution is 0.664. The summed E-state index contributed by atoms with van der Waals surface area (Å²) in [5.74, 6) is 0. The molecule has 1 aromatic carbocycles. The molecule has 0 aromatic heterocycles. The molecule has 0 amide bonds. The van der Waals surface area contributed by atoms with Crippen molar-refractivity contribution in [3.05, 3.63) is 41.2 Å². The SMILES string of the molecule is [CH2+]C(C)(C)S(=O)/N=C(\C)c1cccc(Br)c1. The molecule has 0 fully saturated rings. The van der Waals surface area contributed by atoms with E-state index in [0.29, 0.717) is 0 Å². The molecule has 0 N–H and O–H groups in total. The van der Waals surface area contributed by atoms with E-state index in [1.165, 1.54) is 0 Å². The maximum atomic E-state index is 11.8. The van der Waals surface area contributed by atoms with Gasteiger partial charge in [0.25, 0.3) is 0 Å². The van der Waals surface area contributed by atoms with Gasteiger partial charge in [-0.2, -0.15) is 4.40 Å². The highest BCUT2D eigenvalue weighted by Crippen LogP contribution is 2.16. The first kappa shape index (κ1) is 13.5. The van der Waals surface area contributed by atoms with Crippen LogP contribution >= 0.6 is 15.9 Å². The van der Waals surface area contributed by atoms with Crippen molar-refractivity contribution in [2.75, 3.05) is 0 Å². The Labute approximate surface area is 108 Å². The van der Waals surface area contributed by atoms with E-state index in [1.807, 2.05) is 31.2 Å². The second-order valence-electron chi connectivity index (χ2n) is 4.20. The molecule has 16 heavy (non-hydrogen) atoms. The summed E-state index contributed by atoms with van der Waals surface area (Å²) in [5.41, 5.74) is 1.73. The van der Waals surface area contributed by atoms with Crippen molar-refractivity contribution in [2.45, 2.75) is 25.5 Å². The first-order valence-corrected chi connectivity index (χ1v) is 6.79. The maximum Gasteiger partial charge on any atom is 0.194 e. The Balaban J connectivity index is 2.99. The van der Waals surface area contributed by atoms with E-state index in [1.54, 1.807) is 13.8 Å².